The number of carbonyl (C=O) groups excluding carboxylic acids is 1. The molecule has 4 rings (SSSR count). The number of carbonyl (C=O) groups is 1. The zero-order chi connectivity index (χ0) is 16.7. The van der Waals surface area contributed by atoms with Crippen LogP contribution in [0, 0.1) is 0 Å². The maximum absolute atomic E-state index is 11.7. The van der Waals surface area contributed by atoms with Gasteiger partial charge in [0.05, 0.1) is 11.9 Å². The highest BCUT2D eigenvalue weighted by atomic mass is 32.1. The molecule has 0 saturated heterocycles. The van der Waals surface area contributed by atoms with E-state index >= 15 is 0 Å². The van der Waals surface area contributed by atoms with E-state index in [0.29, 0.717) is 0 Å². The number of nitrogens with zero attached hydrogens (tertiary/aromatic N) is 4. The molecule has 0 radical (unpaired) electrons. The van der Waals surface area contributed by atoms with Crippen LogP contribution in [-0.2, 0) is 18.3 Å². The number of benzene rings is 1. The third-order valence-electron chi connectivity index (χ3n) is 4.28. The number of H-pyrrole nitrogens is 1. The van der Waals surface area contributed by atoms with Crippen LogP contribution in [0.5, 0.6) is 0 Å². The summed E-state index contributed by atoms with van der Waals surface area (Å²) in [5, 5.41) is 8.87. The number of hydrogen-bond donors (Lipinski definition) is 1. The molecule has 0 fully saturated rings. The Morgan fingerprint density at radius 1 is 1.38 bits per heavy atom. The number of rotatable bonds is 2. The summed E-state index contributed by atoms with van der Waals surface area (Å²) in [5.74, 6) is 0.841. The monoisotopic (exact) mass is 339 g/mol. The quantitative estimate of drug-likeness (QED) is 0.780. The Morgan fingerprint density at radius 2 is 2.25 bits per heavy atom. The lowest BCUT2D eigenvalue weighted by molar-refractivity contribution is -0.116. The van der Waals surface area contributed by atoms with Gasteiger partial charge in [-0.25, -0.2) is 4.99 Å². The normalized spacial score (nSPS) is 14.2. The van der Waals surface area contributed by atoms with E-state index in [-0.39, 0.29) is 5.91 Å². The number of anilines is 1. The van der Waals surface area contributed by atoms with E-state index in [1.807, 2.05) is 24.1 Å². The first-order chi connectivity index (χ1) is 11.6. The lowest BCUT2D eigenvalue weighted by atomic mass is 10.1. The van der Waals surface area contributed by atoms with E-state index in [1.54, 1.807) is 24.5 Å². The second kappa shape index (κ2) is 5.76. The zero-order valence-corrected chi connectivity index (χ0v) is 14.3. The van der Waals surface area contributed by atoms with Gasteiger partial charge in [-0.3, -0.25) is 9.89 Å². The highest BCUT2D eigenvalue weighted by Crippen LogP contribution is 2.32. The molecule has 1 aliphatic rings. The van der Waals surface area contributed by atoms with Crippen LogP contribution in [0.15, 0.2) is 40.8 Å². The van der Waals surface area contributed by atoms with Crippen molar-refractivity contribution in [3.05, 3.63) is 46.2 Å². The minimum absolute atomic E-state index is 0.100. The minimum atomic E-state index is 0.100. The van der Waals surface area contributed by atoms with Crippen molar-refractivity contribution in [1.29, 1.82) is 0 Å². The Labute approximate surface area is 143 Å². The second-order valence-electron chi connectivity index (χ2n) is 5.78. The first-order valence-electron chi connectivity index (χ1n) is 7.73. The molecule has 1 aliphatic heterocycles. The predicted molar refractivity (Wildman–Crippen MR) is 94.3 cm³/mol. The summed E-state index contributed by atoms with van der Waals surface area (Å²) < 4.78 is 2.07. The molecule has 0 atom stereocenters. The molecule has 1 aromatic carbocycles. The Kier molecular flexibility index (Phi) is 3.57. The molecule has 24 heavy (non-hydrogen) atoms. The van der Waals surface area contributed by atoms with Crippen LogP contribution in [0.1, 0.15) is 12.5 Å². The molecule has 0 saturated carbocycles. The average Bonchev–Trinajstić information content (AvgIpc) is 3.28. The molecule has 122 valence electrons. The second-order valence-corrected chi connectivity index (χ2v) is 6.62. The largest absolute Gasteiger partial charge is 0.320 e. The van der Waals surface area contributed by atoms with Crippen molar-refractivity contribution in [2.75, 3.05) is 11.4 Å². The first kappa shape index (κ1) is 14.9. The van der Waals surface area contributed by atoms with Gasteiger partial charge in [0.25, 0.3) is 0 Å². The van der Waals surface area contributed by atoms with Gasteiger partial charge in [0, 0.05) is 37.6 Å². The van der Waals surface area contributed by atoms with Crippen LogP contribution < -0.4 is 9.70 Å². The van der Waals surface area contributed by atoms with Crippen molar-refractivity contribution in [3.8, 4) is 11.3 Å². The van der Waals surface area contributed by atoms with Crippen molar-refractivity contribution in [1.82, 2.24) is 14.8 Å². The van der Waals surface area contributed by atoms with Crippen molar-refractivity contribution in [2.45, 2.75) is 13.3 Å². The lowest BCUT2D eigenvalue weighted by Gasteiger charge is -2.15. The highest BCUT2D eigenvalue weighted by molar-refractivity contribution is 7.07. The van der Waals surface area contributed by atoms with E-state index < -0.39 is 0 Å². The third kappa shape index (κ3) is 2.46. The minimum Gasteiger partial charge on any atom is -0.320 e. The van der Waals surface area contributed by atoms with E-state index in [4.69, 9.17) is 0 Å². The third-order valence-corrected chi connectivity index (χ3v) is 5.19. The number of aromatic amines is 1. The number of fused-ring (bicyclic) bond motifs is 1. The van der Waals surface area contributed by atoms with Gasteiger partial charge in [-0.05, 0) is 29.7 Å². The first-order valence-corrected chi connectivity index (χ1v) is 8.61. The van der Waals surface area contributed by atoms with Crippen LogP contribution in [0.3, 0.4) is 0 Å². The van der Waals surface area contributed by atoms with Gasteiger partial charge in [-0.1, -0.05) is 6.07 Å². The molecule has 6 nitrogen and oxygen atoms in total. The lowest BCUT2D eigenvalue weighted by Crippen LogP contribution is -2.25. The number of thiazole rings is 1. The topological polar surface area (TPSA) is 66.3 Å². The maximum Gasteiger partial charge on any atom is 0.223 e. The summed E-state index contributed by atoms with van der Waals surface area (Å²) in [6.07, 6.45) is 2.59. The fourth-order valence-electron chi connectivity index (χ4n) is 3.03. The Morgan fingerprint density at radius 3 is 3.00 bits per heavy atom. The zero-order valence-electron chi connectivity index (χ0n) is 13.5. The molecule has 0 bridgehead atoms. The molecule has 0 unspecified atom stereocenters. The molecular formula is C17H17N5OS. The van der Waals surface area contributed by atoms with E-state index in [1.165, 1.54) is 5.56 Å². The van der Waals surface area contributed by atoms with Gasteiger partial charge in [0.1, 0.15) is 0 Å². The van der Waals surface area contributed by atoms with Gasteiger partial charge < -0.3 is 9.47 Å². The van der Waals surface area contributed by atoms with Gasteiger partial charge in [0.2, 0.25) is 5.91 Å². The summed E-state index contributed by atoms with van der Waals surface area (Å²) in [6, 6.07) is 8.13. The Hall–Kier alpha value is -2.67. The maximum atomic E-state index is 11.7. The van der Waals surface area contributed by atoms with Gasteiger partial charge in [-0.2, -0.15) is 5.10 Å². The summed E-state index contributed by atoms with van der Waals surface area (Å²) in [7, 11) is 2.01. The van der Waals surface area contributed by atoms with E-state index in [9.17, 15) is 4.79 Å². The number of nitrogens with one attached hydrogen (secondary N) is 1. The summed E-state index contributed by atoms with van der Waals surface area (Å²) in [6.45, 7) is 2.38. The standard InChI is InChI=1S/C17H17N5OS/c1-11(23)22-8-6-13-9-12(3-4-14(13)22)15-10-24-17(21(15)2)19-16-5-7-18-20-16/h3-5,7,9-10H,6,8H2,1-2H3,(H,18,20)/b19-17-. The molecule has 0 spiro atoms. The molecule has 2 aromatic heterocycles. The van der Waals surface area contributed by atoms with Crippen molar-refractivity contribution >= 4 is 28.7 Å². The molecule has 0 aliphatic carbocycles. The van der Waals surface area contributed by atoms with Crippen LogP contribution >= 0.6 is 11.3 Å². The summed E-state index contributed by atoms with van der Waals surface area (Å²) >= 11 is 1.59. The van der Waals surface area contributed by atoms with Crippen LogP contribution in [0.25, 0.3) is 11.3 Å². The predicted octanol–water partition coefficient (Wildman–Crippen LogP) is 2.62. The molecule has 3 heterocycles. The van der Waals surface area contributed by atoms with E-state index in [2.05, 4.69) is 37.3 Å². The molecular weight excluding hydrogens is 322 g/mol. The molecule has 3 aromatic rings. The fraction of sp³-hybridized carbons (Fsp3) is 0.235. The smallest absolute Gasteiger partial charge is 0.223 e. The average molecular weight is 339 g/mol. The summed E-state index contributed by atoms with van der Waals surface area (Å²) in [5.41, 5.74) is 4.51. The molecule has 7 heteroatoms. The number of amides is 1. The highest BCUT2D eigenvalue weighted by Gasteiger charge is 2.22. The fourth-order valence-corrected chi connectivity index (χ4v) is 3.95. The van der Waals surface area contributed by atoms with Crippen LogP contribution in [-0.4, -0.2) is 27.2 Å². The Balaban J connectivity index is 1.74. The van der Waals surface area contributed by atoms with Crippen LogP contribution in [0.2, 0.25) is 0 Å². The van der Waals surface area contributed by atoms with Gasteiger partial charge in [-0.15, -0.1) is 11.3 Å². The van der Waals surface area contributed by atoms with E-state index in [0.717, 1.165) is 40.5 Å². The van der Waals surface area contributed by atoms with Crippen molar-refractivity contribution in [3.63, 3.8) is 0 Å². The van der Waals surface area contributed by atoms with Crippen molar-refractivity contribution in [2.24, 2.45) is 12.0 Å². The van der Waals surface area contributed by atoms with Crippen LogP contribution in [0.4, 0.5) is 11.5 Å². The Bertz CT molecular complexity index is 967. The molecule has 1 N–H and O–H groups in total. The van der Waals surface area contributed by atoms with Crippen molar-refractivity contribution < 1.29 is 4.79 Å². The number of aromatic nitrogens is 3. The van der Waals surface area contributed by atoms with Gasteiger partial charge in [0.15, 0.2) is 10.6 Å². The molecule has 1 amide bonds. The SMILES string of the molecule is CC(=O)N1CCc2cc(-c3cs/c(=N\c4ccn[nH]4)n3C)ccc21. The summed E-state index contributed by atoms with van der Waals surface area (Å²) in [4.78, 5) is 19.0. The number of hydrogen-bond acceptors (Lipinski definition) is 4. The van der Waals surface area contributed by atoms with Gasteiger partial charge >= 0.3 is 0 Å².